The van der Waals surface area contributed by atoms with Crippen LogP contribution in [-0.4, -0.2) is 47.0 Å². The van der Waals surface area contributed by atoms with Crippen molar-refractivity contribution in [1.82, 2.24) is 10.3 Å². The highest BCUT2D eigenvalue weighted by Crippen LogP contribution is 2.19. The number of aromatic nitrogens is 2. The second kappa shape index (κ2) is 4.45. The Hall–Kier alpha value is -1.34. The molecule has 0 atom stereocenters. The van der Waals surface area contributed by atoms with Crippen molar-refractivity contribution in [2.75, 3.05) is 31.2 Å². The third-order valence-electron chi connectivity index (χ3n) is 2.07. The van der Waals surface area contributed by atoms with Gasteiger partial charge in [0.15, 0.2) is 5.69 Å². The lowest BCUT2D eigenvalue weighted by atomic mass is 10.3. The van der Waals surface area contributed by atoms with E-state index in [1.165, 1.54) is 0 Å². The molecule has 2 rings (SSSR count). The van der Waals surface area contributed by atoms with E-state index in [9.17, 15) is 0 Å². The second-order valence-electron chi connectivity index (χ2n) is 2.93. The van der Waals surface area contributed by atoms with Gasteiger partial charge in [0.2, 0.25) is 11.0 Å². The predicted octanol–water partition coefficient (Wildman–Crippen LogP) is 0.281. The number of halogens is 1. The van der Waals surface area contributed by atoms with E-state index < -0.39 is 0 Å². The average Bonchev–Trinajstić information content (AvgIpc) is 2.78. The Balaban J connectivity index is 2.23. The van der Waals surface area contributed by atoms with Crippen LogP contribution in [-0.2, 0) is 4.74 Å². The van der Waals surface area contributed by atoms with Gasteiger partial charge in [-0.15, -0.1) is 0 Å². The minimum absolute atomic E-state index is 0.141. The lowest BCUT2D eigenvalue weighted by molar-refractivity contribution is 0.122. The third-order valence-corrected chi connectivity index (χ3v) is 2.32. The highest BCUT2D eigenvalue weighted by Gasteiger charge is 2.22. The lowest BCUT2D eigenvalue weighted by Gasteiger charge is -2.26. The molecular formula is C7H9ClN4O3. The monoisotopic (exact) mass is 232 g/mol. The Kier molecular flexibility index (Phi) is 3.02. The molecule has 1 saturated heterocycles. The van der Waals surface area contributed by atoms with Crippen molar-refractivity contribution in [3.05, 3.63) is 5.69 Å². The molecule has 0 saturated carbocycles. The summed E-state index contributed by atoms with van der Waals surface area (Å²) in [4.78, 5) is 1.91. The average molecular weight is 233 g/mol. The minimum Gasteiger partial charge on any atom is -0.410 e. The summed E-state index contributed by atoms with van der Waals surface area (Å²) < 4.78 is 9.75. The summed E-state index contributed by atoms with van der Waals surface area (Å²) in [6, 6.07) is 0. The molecule has 0 spiro atoms. The summed E-state index contributed by atoms with van der Waals surface area (Å²) in [5.41, 5.74) is 0.237. The van der Waals surface area contributed by atoms with Gasteiger partial charge < -0.3 is 14.8 Å². The van der Waals surface area contributed by atoms with Gasteiger partial charge in [0.25, 0.3) is 0 Å². The van der Waals surface area contributed by atoms with Crippen molar-refractivity contribution < 1.29 is 14.6 Å². The fourth-order valence-electron chi connectivity index (χ4n) is 1.34. The Morgan fingerprint density at radius 2 is 2.13 bits per heavy atom. The fourth-order valence-corrected chi connectivity index (χ4v) is 1.46. The molecule has 0 radical (unpaired) electrons. The topological polar surface area (TPSA) is 84.0 Å². The van der Waals surface area contributed by atoms with Crippen LogP contribution in [0.5, 0.6) is 0 Å². The summed E-state index contributed by atoms with van der Waals surface area (Å²) >= 11 is 5.64. The summed E-state index contributed by atoms with van der Waals surface area (Å²) in [6.45, 7) is 2.58. The Morgan fingerprint density at radius 3 is 2.80 bits per heavy atom. The molecule has 1 N–H and O–H groups in total. The van der Waals surface area contributed by atoms with Gasteiger partial charge in [-0.2, -0.15) is 0 Å². The maximum atomic E-state index is 8.53. The van der Waals surface area contributed by atoms with Gasteiger partial charge in [0.05, 0.1) is 13.2 Å². The number of ether oxygens (including phenoxy) is 1. The molecule has 0 unspecified atom stereocenters. The molecule has 1 aliphatic heterocycles. The quantitative estimate of drug-likeness (QED) is 0.448. The van der Waals surface area contributed by atoms with Crippen molar-refractivity contribution in [2.45, 2.75) is 0 Å². The van der Waals surface area contributed by atoms with Gasteiger partial charge in [-0.25, -0.2) is 4.63 Å². The lowest BCUT2D eigenvalue weighted by Crippen LogP contribution is -2.37. The van der Waals surface area contributed by atoms with E-state index in [-0.39, 0.29) is 10.9 Å². The van der Waals surface area contributed by atoms with Crippen LogP contribution in [0.4, 0.5) is 5.82 Å². The van der Waals surface area contributed by atoms with E-state index in [1.807, 2.05) is 4.90 Å². The Bertz CT molecular complexity index is 361. The smallest absolute Gasteiger partial charge is 0.204 e. The molecule has 8 heteroatoms. The fraction of sp³-hybridized carbons (Fsp3) is 0.571. The van der Waals surface area contributed by atoms with Gasteiger partial charge in [-0.3, -0.25) is 0 Å². The maximum absolute atomic E-state index is 8.53. The zero-order valence-corrected chi connectivity index (χ0v) is 8.51. The first kappa shape index (κ1) is 10.2. The molecule has 0 amide bonds. The molecule has 7 nitrogen and oxygen atoms in total. The number of hydrogen-bond donors (Lipinski definition) is 1. The van der Waals surface area contributed by atoms with Crippen LogP contribution in [0.15, 0.2) is 9.78 Å². The minimum atomic E-state index is -0.141. The van der Waals surface area contributed by atoms with E-state index in [4.69, 9.17) is 21.5 Å². The van der Waals surface area contributed by atoms with Crippen molar-refractivity contribution in [3.8, 4) is 0 Å². The van der Waals surface area contributed by atoms with Gasteiger partial charge in [0, 0.05) is 13.1 Å². The molecular weight excluding hydrogens is 224 g/mol. The van der Waals surface area contributed by atoms with Crippen molar-refractivity contribution >= 4 is 22.6 Å². The second-order valence-corrected chi connectivity index (χ2v) is 3.28. The standard InChI is InChI=1S/C7H9ClN4O3/c8-6(9-13)5-7(11-15-10-5)12-1-3-14-4-2-12/h13H,1-4H2/b9-6-. The summed E-state index contributed by atoms with van der Waals surface area (Å²) in [6.07, 6.45) is 0. The molecule has 1 fully saturated rings. The Labute approximate surface area is 90.2 Å². The van der Waals surface area contributed by atoms with Crippen LogP contribution in [0.2, 0.25) is 0 Å². The first-order chi connectivity index (χ1) is 7.33. The van der Waals surface area contributed by atoms with E-state index >= 15 is 0 Å². The molecule has 15 heavy (non-hydrogen) atoms. The highest BCUT2D eigenvalue weighted by molar-refractivity contribution is 6.69. The number of morpholine rings is 1. The maximum Gasteiger partial charge on any atom is 0.204 e. The van der Waals surface area contributed by atoms with E-state index in [1.54, 1.807) is 0 Å². The number of hydrogen-bond acceptors (Lipinski definition) is 7. The van der Waals surface area contributed by atoms with E-state index in [2.05, 4.69) is 20.1 Å². The first-order valence-corrected chi connectivity index (χ1v) is 4.74. The van der Waals surface area contributed by atoms with Crippen LogP contribution >= 0.6 is 11.6 Å². The van der Waals surface area contributed by atoms with E-state index in [0.29, 0.717) is 32.1 Å². The van der Waals surface area contributed by atoms with Crippen LogP contribution < -0.4 is 4.90 Å². The molecule has 1 aliphatic rings. The van der Waals surface area contributed by atoms with E-state index in [0.717, 1.165) is 0 Å². The van der Waals surface area contributed by atoms with Crippen LogP contribution in [0, 0.1) is 0 Å². The normalized spacial score (nSPS) is 18.2. The summed E-state index contributed by atoms with van der Waals surface area (Å²) in [7, 11) is 0. The first-order valence-electron chi connectivity index (χ1n) is 4.36. The number of oxime groups is 1. The molecule has 0 aromatic carbocycles. The number of nitrogens with zero attached hydrogens (tertiary/aromatic N) is 4. The number of anilines is 1. The SMILES string of the molecule is O/N=C(\Cl)c1nonc1N1CCOCC1. The number of rotatable bonds is 2. The molecule has 2 heterocycles. The highest BCUT2D eigenvalue weighted by atomic mass is 35.5. The largest absolute Gasteiger partial charge is 0.410 e. The molecule has 0 bridgehead atoms. The van der Waals surface area contributed by atoms with Crippen LogP contribution in [0.1, 0.15) is 5.69 Å². The molecule has 1 aromatic rings. The Morgan fingerprint density at radius 1 is 1.40 bits per heavy atom. The van der Waals surface area contributed by atoms with Gasteiger partial charge >= 0.3 is 0 Å². The predicted molar refractivity (Wildman–Crippen MR) is 51.5 cm³/mol. The van der Waals surface area contributed by atoms with Gasteiger partial charge in [0.1, 0.15) is 0 Å². The van der Waals surface area contributed by atoms with Crippen LogP contribution in [0.3, 0.4) is 0 Å². The summed E-state index contributed by atoms with van der Waals surface area (Å²) in [5.74, 6) is 0.473. The molecule has 82 valence electrons. The summed E-state index contributed by atoms with van der Waals surface area (Å²) in [5, 5.41) is 18.5. The third kappa shape index (κ3) is 2.02. The molecule has 0 aliphatic carbocycles. The molecule has 1 aromatic heterocycles. The zero-order valence-electron chi connectivity index (χ0n) is 7.76. The van der Waals surface area contributed by atoms with Gasteiger partial charge in [-0.1, -0.05) is 16.8 Å². The van der Waals surface area contributed by atoms with Crippen molar-refractivity contribution in [2.24, 2.45) is 5.16 Å². The zero-order chi connectivity index (χ0) is 10.7. The van der Waals surface area contributed by atoms with Crippen molar-refractivity contribution in [1.29, 1.82) is 0 Å². The van der Waals surface area contributed by atoms with Crippen molar-refractivity contribution in [3.63, 3.8) is 0 Å². The van der Waals surface area contributed by atoms with Gasteiger partial charge in [-0.05, 0) is 10.3 Å². The van der Waals surface area contributed by atoms with Crippen LogP contribution in [0.25, 0.3) is 0 Å².